The van der Waals surface area contributed by atoms with E-state index in [0.29, 0.717) is 5.13 Å². The summed E-state index contributed by atoms with van der Waals surface area (Å²) in [5.41, 5.74) is 7.69. The zero-order chi connectivity index (χ0) is 22.6. The molecule has 4 aromatic rings. The minimum absolute atomic E-state index is 0.195. The van der Waals surface area contributed by atoms with E-state index in [2.05, 4.69) is 46.7 Å². The average Bonchev–Trinajstić information content (AvgIpc) is 3.26. The number of amides is 3. The largest absolute Gasteiger partial charge is 0.351 e. The van der Waals surface area contributed by atoms with E-state index in [1.165, 1.54) is 18.3 Å². The molecule has 3 N–H and O–H groups in total. The maximum Gasteiger partial charge on any atom is 0.327 e. The van der Waals surface area contributed by atoms with E-state index in [-0.39, 0.29) is 5.82 Å². The maximum atomic E-state index is 11.9. The molecule has 3 aromatic carbocycles. The highest BCUT2D eigenvalue weighted by atomic mass is 32.1. The highest BCUT2D eigenvalue weighted by molar-refractivity contribution is 7.14. The van der Waals surface area contributed by atoms with Crippen molar-refractivity contribution in [1.29, 1.82) is 0 Å². The molecule has 0 fully saturated rings. The summed E-state index contributed by atoms with van der Waals surface area (Å²) in [4.78, 5) is 29.1. The molecule has 7 heteroatoms. The maximum absolute atomic E-state index is 11.9. The smallest absolute Gasteiger partial charge is 0.327 e. The Morgan fingerprint density at radius 2 is 1.28 bits per heavy atom. The Balaban J connectivity index is 1.90. The molecule has 0 radical (unpaired) electrons. The van der Waals surface area contributed by atoms with Gasteiger partial charge in [-0.2, -0.15) is 0 Å². The van der Waals surface area contributed by atoms with Crippen molar-refractivity contribution in [1.82, 2.24) is 4.98 Å². The van der Waals surface area contributed by atoms with Crippen LogP contribution in [-0.2, 0) is 10.3 Å². The monoisotopic (exact) mass is 442 g/mol. The summed E-state index contributed by atoms with van der Waals surface area (Å²) in [5.74, 6) is -0.296. The van der Waals surface area contributed by atoms with Crippen molar-refractivity contribution in [2.45, 2.75) is 12.5 Å². The van der Waals surface area contributed by atoms with Crippen molar-refractivity contribution in [2.24, 2.45) is 5.73 Å². The van der Waals surface area contributed by atoms with Gasteiger partial charge in [-0.15, -0.1) is 11.3 Å². The SMILES string of the molecule is CC(=O)N(C(N)=O)c1csc(NC(c2ccccc2)(c2ccccc2)c2ccccc2)n1. The fourth-order valence-corrected chi connectivity index (χ4v) is 4.53. The Bertz CT molecular complexity index is 1100. The first kappa shape index (κ1) is 21.3. The van der Waals surface area contributed by atoms with E-state index in [1.54, 1.807) is 5.38 Å². The molecule has 6 nitrogen and oxygen atoms in total. The molecule has 0 saturated heterocycles. The van der Waals surface area contributed by atoms with E-state index in [4.69, 9.17) is 5.73 Å². The lowest BCUT2D eigenvalue weighted by molar-refractivity contribution is -0.115. The highest BCUT2D eigenvalue weighted by Gasteiger charge is 2.37. The zero-order valence-corrected chi connectivity index (χ0v) is 18.3. The number of aromatic nitrogens is 1. The normalized spacial score (nSPS) is 11.0. The van der Waals surface area contributed by atoms with Crippen LogP contribution in [-0.4, -0.2) is 16.9 Å². The van der Waals surface area contributed by atoms with E-state index in [0.717, 1.165) is 21.6 Å². The summed E-state index contributed by atoms with van der Waals surface area (Å²) in [6, 6.07) is 29.4. The summed E-state index contributed by atoms with van der Waals surface area (Å²) < 4.78 is 0. The average molecular weight is 443 g/mol. The number of imide groups is 1. The molecule has 0 aliphatic carbocycles. The molecule has 0 spiro atoms. The standard InChI is InChI=1S/C25H22N4O2S/c1-18(30)29(23(26)31)22-17-32-24(27-22)28-25(19-11-5-2-6-12-19,20-13-7-3-8-14-20)21-15-9-4-10-16-21/h2-17H,1H3,(H2,26,31)(H,27,28). The fraction of sp³-hybridized carbons (Fsp3) is 0.0800. The number of nitrogens with two attached hydrogens (primary N) is 1. The van der Waals surface area contributed by atoms with Gasteiger partial charge in [0, 0.05) is 12.3 Å². The van der Waals surface area contributed by atoms with Gasteiger partial charge < -0.3 is 11.1 Å². The van der Waals surface area contributed by atoms with Crippen molar-refractivity contribution in [3.8, 4) is 0 Å². The van der Waals surface area contributed by atoms with Crippen molar-refractivity contribution in [3.63, 3.8) is 0 Å². The van der Waals surface area contributed by atoms with Crippen LogP contribution in [0.3, 0.4) is 0 Å². The van der Waals surface area contributed by atoms with Gasteiger partial charge >= 0.3 is 6.03 Å². The number of benzene rings is 3. The highest BCUT2D eigenvalue weighted by Crippen LogP contribution is 2.41. The van der Waals surface area contributed by atoms with Gasteiger partial charge in [-0.05, 0) is 16.7 Å². The quantitative estimate of drug-likeness (QED) is 0.412. The van der Waals surface area contributed by atoms with Crippen LogP contribution < -0.4 is 16.0 Å². The number of thiazole rings is 1. The first-order valence-corrected chi connectivity index (χ1v) is 10.9. The first-order chi connectivity index (χ1) is 15.5. The Morgan fingerprint density at radius 1 is 0.844 bits per heavy atom. The van der Waals surface area contributed by atoms with Gasteiger partial charge in [-0.25, -0.2) is 14.7 Å². The van der Waals surface area contributed by atoms with Crippen LogP contribution in [0.15, 0.2) is 96.4 Å². The van der Waals surface area contributed by atoms with Crippen molar-refractivity contribution in [3.05, 3.63) is 113 Å². The molecule has 0 bridgehead atoms. The number of hydrogen-bond donors (Lipinski definition) is 2. The van der Waals surface area contributed by atoms with Crippen LogP contribution in [0.1, 0.15) is 23.6 Å². The van der Waals surface area contributed by atoms with Crippen LogP contribution in [0.25, 0.3) is 0 Å². The molecular formula is C25H22N4O2S. The molecule has 4 rings (SSSR count). The number of nitrogens with zero attached hydrogens (tertiary/aromatic N) is 2. The Labute approximate surface area is 190 Å². The van der Waals surface area contributed by atoms with Crippen molar-refractivity contribution < 1.29 is 9.59 Å². The number of carbonyl (C=O) groups excluding carboxylic acids is 2. The number of nitrogens with one attached hydrogen (secondary N) is 1. The third-order valence-electron chi connectivity index (χ3n) is 5.17. The van der Waals surface area contributed by atoms with Crippen molar-refractivity contribution in [2.75, 3.05) is 10.2 Å². The molecule has 160 valence electrons. The number of rotatable bonds is 6. The fourth-order valence-electron chi connectivity index (χ4n) is 3.80. The molecule has 0 aliphatic heterocycles. The second-order valence-electron chi connectivity index (χ2n) is 7.18. The summed E-state index contributed by atoms with van der Waals surface area (Å²) in [6.45, 7) is 1.28. The summed E-state index contributed by atoms with van der Waals surface area (Å²) >= 11 is 1.30. The second-order valence-corrected chi connectivity index (χ2v) is 8.03. The lowest BCUT2D eigenvalue weighted by Gasteiger charge is -2.36. The molecule has 1 aromatic heterocycles. The number of carbonyl (C=O) groups is 2. The lowest BCUT2D eigenvalue weighted by Crippen LogP contribution is -2.40. The predicted molar refractivity (Wildman–Crippen MR) is 128 cm³/mol. The Hall–Kier alpha value is -3.97. The van der Waals surface area contributed by atoms with E-state index >= 15 is 0 Å². The van der Waals surface area contributed by atoms with Gasteiger partial charge in [0.05, 0.1) is 0 Å². The topological polar surface area (TPSA) is 88.3 Å². The molecule has 0 saturated carbocycles. The van der Waals surface area contributed by atoms with Gasteiger partial charge in [0.1, 0.15) is 5.54 Å². The molecule has 0 atom stereocenters. The second kappa shape index (κ2) is 9.03. The van der Waals surface area contributed by atoms with Gasteiger partial charge in [0.2, 0.25) is 5.91 Å². The van der Waals surface area contributed by atoms with E-state index in [1.807, 2.05) is 54.6 Å². The minimum Gasteiger partial charge on any atom is -0.351 e. The number of hydrogen-bond acceptors (Lipinski definition) is 5. The summed E-state index contributed by atoms with van der Waals surface area (Å²) in [7, 11) is 0. The molecule has 1 heterocycles. The van der Waals surface area contributed by atoms with Crippen LogP contribution >= 0.6 is 11.3 Å². The molecular weight excluding hydrogens is 420 g/mol. The third kappa shape index (κ3) is 3.98. The number of anilines is 2. The minimum atomic E-state index is -0.866. The van der Waals surface area contributed by atoms with Gasteiger partial charge in [0.25, 0.3) is 0 Å². The molecule has 3 amide bonds. The molecule has 0 aliphatic rings. The van der Waals surface area contributed by atoms with Crippen LogP contribution in [0.2, 0.25) is 0 Å². The molecule has 32 heavy (non-hydrogen) atoms. The third-order valence-corrected chi connectivity index (χ3v) is 5.92. The van der Waals surface area contributed by atoms with E-state index in [9.17, 15) is 9.59 Å². The van der Waals surface area contributed by atoms with Gasteiger partial charge in [0.15, 0.2) is 10.9 Å². The predicted octanol–water partition coefficient (Wildman–Crippen LogP) is 4.98. The van der Waals surface area contributed by atoms with E-state index < -0.39 is 17.5 Å². The van der Waals surface area contributed by atoms with Crippen LogP contribution in [0.4, 0.5) is 15.7 Å². The van der Waals surface area contributed by atoms with Crippen molar-refractivity contribution >= 4 is 34.2 Å². The van der Waals surface area contributed by atoms with Crippen LogP contribution in [0.5, 0.6) is 0 Å². The number of urea groups is 1. The Kier molecular flexibility index (Phi) is 6.00. The van der Waals surface area contributed by atoms with Gasteiger partial charge in [-0.3, -0.25) is 4.79 Å². The zero-order valence-electron chi connectivity index (χ0n) is 17.4. The lowest BCUT2D eigenvalue weighted by atomic mass is 9.77. The molecule has 0 unspecified atom stereocenters. The number of primary amides is 1. The Morgan fingerprint density at radius 3 is 1.66 bits per heavy atom. The van der Waals surface area contributed by atoms with Crippen LogP contribution in [0, 0.1) is 0 Å². The summed E-state index contributed by atoms with van der Waals surface area (Å²) in [5, 5.41) is 5.80. The summed E-state index contributed by atoms with van der Waals surface area (Å²) in [6.07, 6.45) is 0. The van der Waals surface area contributed by atoms with Gasteiger partial charge in [-0.1, -0.05) is 91.0 Å². The first-order valence-electron chi connectivity index (χ1n) is 10.0.